The number of benzene rings is 3. The molecule has 0 unspecified atom stereocenters. The molecule has 0 saturated carbocycles. The van der Waals surface area contributed by atoms with Crippen LogP contribution in [0, 0.1) is 5.82 Å². The van der Waals surface area contributed by atoms with Crippen LogP contribution in [0.25, 0.3) is 27.6 Å². The molecule has 0 amide bonds. The van der Waals surface area contributed by atoms with E-state index in [1.54, 1.807) is 18.2 Å². The minimum atomic E-state index is -0.300. The molecule has 0 aliphatic carbocycles. The Kier molecular flexibility index (Phi) is 2.51. The lowest BCUT2D eigenvalue weighted by atomic mass is 10.1. The van der Waals surface area contributed by atoms with Gasteiger partial charge in [0, 0.05) is 16.0 Å². The van der Waals surface area contributed by atoms with Gasteiger partial charge in [0.25, 0.3) is 0 Å². The minimum absolute atomic E-state index is 0.00561. The van der Waals surface area contributed by atoms with E-state index in [4.69, 9.17) is 0 Å². The van der Waals surface area contributed by atoms with E-state index in [-0.39, 0.29) is 11.2 Å². The largest absolute Gasteiger partial charge is 0.289 e. The number of hydrogen-bond donors (Lipinski definition) is 0. The van der Waals surface area contributed by atoms with E-state index >= 15 is 0 Å². The maximum absolute atomic E-state index is 13.3. The van der Waals surface area contributed by atoms with Gasteiger partial charge in [0.15, 0.2) is 5.43 Å². The summed E-state index contributed by atoms with van der Waals surface area (Å²) in [5, 5.41) is 4.34. The lowest BCUT2D eigenvalue weighted by Gasteiger charge is -1.96. The van der Waals surface area contributed by atoms with Crippen LogP contribution in [-0.4, -0.2) is 0 Å². The van der Waals surface area contributed by atoms with Crippen LogP contribution in [-0.2, 0) is 0 Å². The zero-order chi connectivity index (χ0) is 14.4. The summed E-state index contributed by atoms with van der Waals surface area (Å²) in [6.45, 7) is 0. The second-order valence-electron chi connectivity index (χ2n) is 5.15. The molecule has 0 atom stereocenters. The molecule has 0 spiro atoms. The molecule has 0 aliphatic heterocycles. The van der Waals surface area contributed by atoms with Gasteiger partial charge in [-0.25, -0.2) is 4.39 Å². The van der Waals surface area contributed by atoms with E-state index in [1.165, 1.54) is 12.1 Å². The topological polar surface area (TPSA) is 17.1 Å². The SMILES string of the molecule is O=c1/c(=C\c2cccc(F)c2)c2cccc3cccc1c32. The summed E-state index contributed by atoms with van der Waals surface area (Å²) in [5.41, 5.74) is 0.703. The van der Waals surface area contributed by atoms with Gasteiger partial charge in [-0.2, -0.15) is 0 Å². The van der Waals surface area contributed by atoms with E-state index in [9.17, 15) is 9.18 Å². The van der Waals surface area contributed by atoms with Gasteiger partial charge in [-0.3, -0.25) is 4.79 Å². The van der Waals surface area contributed by atoms with Crippen LogP contribution in [0.5, 0.6) is 0 Å². The highest BCUT2D eigenvalue weighted by Crippen LogP contribution is 2.22. The summed E-state index contributed by atoms with van der Waals surface area (Å²) in [5.74, 6) is -0.300. The molecule has 4 aromatic carbocycles. The average Bonchev–Trinajstić information content (AvgIpc) is 2.76. The first-order valence-electron chi connectivity index (χ1n) is 6.78. The molecule has 1 nitrogen and oxygen atoms in total. The molecule has 0 aliphatic rings. The molecule has 0 aromatic heterocycles. The van der Waals surface area contributed by atoms with Gasteiger partial charge in [0.2, 0.25) is 0 Å². The summed E-state index contributed by atoms with van der Waals surface area (Å²) in [7, 11) is 0. The second kappa shape index (κ2) is 4.38. The van der Waals surface area contributed by atoms with Crippen LogP contribution >= 0.6 is 0 Å². The van der Waals surface area contributed by atoms with Gasteiger partial charge in [0.1, 0.15) is 5.82 Å². The highest BCUT2D eigenvalue weighted by Gasteiger charge is 2.10. The fraction of sp³-hybridized carbons (Fsp3) is 0. The third-order valence-electron chi connectivity index (χ3n) is 3.84. The van der Waals surface area contributed by atoms with Crippen LogP contribution in [0.2, 0.25) is 0 Å². The highest BCUT2D eigenvalue weighted by atomic mass is 19.1. The first-order valence-corrected chi connectivity index (χ1v) is 6.78. The third-order valence-corrected chi connectivity index (χ3v) is 3.84. The zero-order valence-electron chi connectivity index (χ0n) is 11.1. The Balaban J connectivity index is 2.17. The van der Waals surface area contributed by atoms with Gasteiger partial charge in [-0.05, 0) is 34.5 Å². The monoisotopic (exact) mass is 274 g/mol. The minimum Gasteiger partial charge on any atom is -0.289 e. The Morgan fingerprint density at radius 2 is 1.57 bits per heavy atom. The Bertz CT molecular complexity index is 1060. The highest BCUT2D eigenvalue weighted by molar-refractivity contribution is 6.12. The molecule has 0 heterocycles. The maximum atomic E-state index is 13.3. The number of hydrogen-bond acceptors (Lipinski definition) is 1. The van der Waals surface area contributed by atoms with Crippen molar-refractivity contribution in [3.8, 4) is 0 Å². The molecule has 0 N–H and O–H groups in total. The summed E-state index contributed by atoms with van der Waals surface area (Å²) < 4.78 is 13.3. The van der Waals surface area contributed by atoms with E-state index in [0.29, 0.717) is 10.8 Å². The van der Waals surface area contributed by atoms with Crippen molar-refractivity contribution in [2.75, 3.05) is 0 Å². The van der Waals surface area contributed by atoms with Gasteiger partial charge in [-0.15, -0.1) is 0 Å². The van der Waals surface area contributed by atoms with Crippen LogP contribution in [0.3, 0.4) is 0 Å². The van der Waals surface area contributed by atoms with Crippen molar-refractivity contribution in [1.29, 1.82) is 0 Å². The van der Waals surface area contributed by atoms with Crippen molar-refractivity contribution in [1.82, 2.24) is 0 Å². The van der Waals surface area contributed by atoms with Gasteiger partial charge in [-0.1, -0.05) is 48.5 Å². The first kappa shape index (κ1) is 12.0. The quantitative estimate of drug-likeness (QED) is 0.519. The summed E-state index contributed by atoms with van der Waals surface area (Å²) >= 11 is 0. The standard InChI is InChI=1S/C19H11FO/c20-14-7-1-4-12(10-14)11-17-15-8-2-5-13-6-3-9-16(18(13)15)19(17)21/h1-11H/b17-11-. The summed E-state index contributed by atoms with van der Waals surface area (Å²) in [6.07, 6.45) is 1.76. The Labute approximate surface area is 120 Å². The molecular weight excluding hydrogens is 263 g/mol. The van der Waals surface area contributed by atoms with E-state index in [2.05, 4.69) is 0 Å². The Hall–Kier alpha value is -2.74. The molecule has 4 aromatic rings. The lowest BCUT2D eigenvalue weighted by molar-refractivity contribution is 0.627. The first-order chi connectivity index (χ1) is 10.2. The molecule has 21 heavy (non-hydrogen) atoms. The molecule has 0 radical (unpaired) electrons. The molecule has 100 valence electrons. The van der Waals surface area contributed by atoms with Gasteiger partial charge < -0.3 is 0 Å². The molecule has 0 bridgehead atoms. The van der Waals surface area contributed by atoms with Crippen molar-refractivity contribution in [2.24, 2.45) is 0 Å². The van der Waals surface area contributed by atoms with Crippen LogP contribution in [0.1, 0.15) is 5.56 Å². The smallest absolute Gasteiger partial charge is 0.194 e. The molecule has 4 rings (SSSR count). The predicted molar refractivity (Wildman–Crippen MR) is 84.1 cm³/mol. The molecule has 0 saturated heterocycles. The normalized spacial score (nSPS) is 12.5. The van der Waals surface area contributed by atoms with Gasteiger partial charge in [0.05, 0.1) is 0 Å². The van der Waals surface area contributed by atoms with Crippen LogP contribution in [0.4, 0.5) is 4.39 Å². The maximum Gasteiger partial charge on any atom is 0.194 e. The van der Waals surface area contributed by atoms with Crippen molar-refractivity contribution in [3.05, 3.63) is 87.5 Å². The Morgan fingerprint density at radius 3 is 2.33 bits per heavy atom. The van der Waals surface area contributed by atoms with Crippen molar-refractivity contribution in [3.63, 3.8) is 0 Å². The molecular formula is C19H11FO. The lowest BCUT2D eigenvalue weighted by Crippen LogP contribution is -2.19. The summed E-state index contributed by atoms with van der Waals surface area (Å²) in [4.78, 5) is 12.6. The van der Waals surface area contributed by atoms with E-state index in [1.807, 2.05) is 36.4 Å². The average molecular weight is 274 g/mol. The third kappa shape index (κ3) is 1.80. The fourth-order valence-electron chi connectivity index (χ4n) is 2.93. The summed E-state index contributed by atoms with van der Waals surface area (Å²) in [6, 6.07) is 17.9. The number of halogens is 1. The van der Waals surface area contributed by atoms with Crippen LogP contribution in [0.15, 0.2) is 65.5 Å². The van der Waals surface area contributed by atoms with Gasteiger partial charge >= 0.3 is 0 Å². The van der Waals surface area contributed by atoms with E-state index < -0.39 is 0 Å². The van der Waals surface area contributed by atoms with Crippen LogP contribution < -0.4 is 10.6 Å². The second-order valence-corrected chi connectivity index (χ2v) is 5.15. The van der Waals surface area contributed by atoms with E-state index in [0.717, 1.165) is 21.5 Å². The Morgan fingerprint density at radius 1 is 0.857 bits per heavy atom. The predicted octanol–water partition coefficient (Wildman–Crippen LogP) is 3.48. The number of rotatable bonds is 1. The van der Waals surface area contributed by atoms with Crippen molar-refractivity contribution >= 4 is 27.6 Å². The van der Waals surface area contributed by atoms with Crippen molar-refractivity contribution in [2.45, 2.75) is 0 Å². The zero-order valence-corrected chi connectivity index (χ0v) is 11.1. The fourth-order valence-corrected chi connectivity index (χ4v) is 2.93. The van der Waals surface area contributed by atoms with Crippen molar-refractivity contribution < 1.29 is 4.39 Å². The molecule has 0 fully saturated rings. The molecule has 2 heteroatoms.